The SMILES string of the molecule is CCC(C)(C)Oc1cnc(C(C)C)nc1C(=O)O. The van der Waals surface area contributed by atoms with Crippen LogP contribution in [0.15, 0.2) is 6.20 Å². The van der Waals surface area contributed by atoms with Gasteiger partial charge in [0.15, 0.2) is 11.4 Å². The predicted molar refractivity (Wildman–Crippen MR) is 68.1 cm³/mol. The highest BCUT2D eigenvalue weighted by atomic mass is 16.5. The molecule has 18 heavy (non-hydrogen) atoms. The lowest BCUT2D eigenvalue weighted by Gasteiger charge is -2.25. The highest BCUT2D eigenvalue weighted by Crippen LogP contribution is 2.24. The first kappa shape index (κ1) is 14.4. The fourth-order valence-corrected chi connectivity index (χ4v) is 1.26. The third kappa shape index (κ3) is 3.42. The molecule has 0 aromatic carbocycles. The van der Waals surface area contributed by atoms with E-state index in [1.54, 1.807) is 0 Å². The van der Waals surface area contributed by atoms with Crippen molar-refractivity contribution in [2.75, 3.05) is 0 Å². The Balaban J connectivity index is 3.16. The lowest BCUT2D eigenvalue weighted by molar-refractivity contribution is 0.0661. The molecule has 0 saturated heterocycles. The Morgan fingerprint density at radius 2 is 2.11 bits per heavy atom. The molecule has 5 heteroatoms. The van der Waals surface area contributed by atoms with Gasteiger partial charge in [-0.25, -0.2) is 14.8 Å². The number of aromatic carboxylic acids is 1. The van der Waals surface area contributed by atoms with Crippen LogP contribution in [-0.2, 0) is 0 Å². The molecule has 0 aliphatic heterocycles. The van der Waals surface area contributed by atoms with Crippen molar-refractivity contribution in [3.63, 3.8) is 0 Å². The molecule has 0 spiro atoms. The molecule has 0 aliphatic carbocycles. The Kier molecular flexibility index (Phi) is 4.27. The van der Waals surface area contributed by atoms with Gasteiger partial charge in [-0.1, -0.05) is 20.8 Å². The first-order valence-electron chi connectivity index (χ1n) is 6.06. The molecular formula is C13H20N2O3. The topological polar surface area (TPSA) is 72.3 Å². The van der Waals surface area contributed by atoms with Gasteiger partial charge in [0.25, 0.3) is 0 Å². The third-order valence-electron chi connectivity index (χ3n) is 2.73. The number of carboxylic acids is 1. The Bertz CT molecular complexity index is 442. The maximum absolute atomic E-state index is 11.2. The first-order valence-corrected chi connectivity index (χ1v) is 6.06. The maximum Gasteiger partial charge on any atom is 0.358 e. The summed E-state index contributed by atoms with van der Waals surface area (Å²) in [7, 11) is 0. The van der Waals surface area contributed by atoms with Gasteiger partial charge in [-0.3, -0.25) is 0 Å². The van der Waals surface area contributed by atoms with E-state index in [1.807, 2.05) is 34.6 Å². The summed E-state index contributed by atoms with van der Waals surface area (Å²) in [5.74, 6) is -0.287. The fraction of sp³-hybridized carbons (Fsp3) is 0.615. The van der Waals surface area contributed by atoms with Crippen LogP contribution in [0.3, 0.4) is 0 Å². The molecule has 0 radical (unpaired) electrons. The quantitative estimate of drug-likeness (QED) is 0.872. The van der Waals surface area contributed by atoms with E-state index in [-0.39, 0.29) is 17.4 Å². The van der Waals surface area contributed by atoms with Crippen LogP contribution in [0.5, 0.6) is 5.75 Å². The second-order valence-electron chi connectivity index (χ2n) is 5.12. The Morgan fingerprint density at radius 3 is 2.56 bits per heavy atom. The normalized spacial score (nSPS) is 11.7. The predicted octanol–water partition coefficient (Wildman–Crippen LogP) is 2.87. The van der Waals surface area contributed by atoms with Crippen molar-refractivity contribution in [1.82, 2.24) is 9.97 Å². The molecule has 1 aromatic heterocycles. The van der Waals surface area contributed by atoms with Gasteiger partial charge >= 0.3 is 5.97 Å². The van der Waals surface area contributed by atoms with Crippen molar-refractivity contribution >= 4 is 5.97 Å². The van der Waals surface area contributed by atoms with Crippen molar-refractivity contribution < 1.29 is 14.6 Å². The monoisotopic (exact) mass is 252 g/mol. The molecule has 0 atom stereocenters. The Hall–Kier alpha value is -1.65. The number of carbonyl (C=O) groups is 1. The average molecular weight is 252 g/mol. The summed E-state index contributed by atoms with van der Waals surface area (Å²) in [5, 5.41) is 9.17. The number of rotatable bonds is 5. The van der Waals surface area contributed by atoms with Crippen molar-refractivity contribution in [2.45, 2.75) is 52.6 Å². The van der Waals surface area contributed by atoms with Crippen LogP contribution in [-0.4, -0.2) is 26.6 Å². The van der Waals surface area contributed by atoms with Crippen LogP contribution >= 0.6 is 0 Å². The molecule has 1 aromatic rings. The summed E-state index contributed by atoms with van der Waals surface area (Å²) in [4.78, 5) is 19.4. The zero-order valence-corrected chi connectivity index (χ0v) is 11.5. The van der Waals surface area contributed by atoms with Crippen LogP contribution in [0, 0.1) is 0 Å². The molecule has 0 fully saturated rings. The van der Waals surface area contributed by atoms with Gasteiger partial charge in [-0.05, 0) is 20.3 Å². The summed E-state index contributed by atoms with van der Waals surface area (Å²) in [5.41, 5.74) is -0.511. The van der Waals surface area contributed by atoms with Gasteiger partial charge in [-0.2, -0.15) is 0 Å². The molecule has 0 saturated carbocycles. The minimum Gasteiger partial charge on any atom is -0.484 e. The number of aromatic nitrogens is 2. The number of carboxylic acid groups (broad SMARTS) is 1. The Labute approximate surface area is 107 Å². The second kappa shape index (κ2) is 5.33. The van der Waals surface area contributed by atoms with E-state index in [4.69, 9.17) is 4.74 Å². The maximum atomic E-state index is 11.2. The second-order valence-corrected chi connectivity index (χ2v) is 5.12. The zero-order valence-electron chi connectivity index (χ0n) is 11.5. The summed E-state index contributed by atoms with van der Waals surface area (Å²) in [6, 6.07) is 0. The molecule has 1 rings (SSSR count). The van der Waals surface area contributed by atoms with Crippen molar-refractivity contribution in [1.29, 1.82) is 0 Å². The standard InChI is InChI=1S/C13H20N2O3/c1-6-13(4,5)18-9-7-14-11(8(2)3)15-10(9)12(16)17/h7-8H,6H2,1-5H3,(H,16,17). The molecule has 0 unspecified atom stereocenters. The van der Waals surface area contributed by atoms with E-state index >= 15 is 0 Å². The van der Waals surface area contributed by atoms with Crippen LogP contribution in [0.2, 0.25) is 0 Å². The molecule has 5 nitrogen and oxygen atoms in total. The largest absolute Gasteiger partial charge is 0.484 e. The van der Waals surface area contributed by atoms with E-state index < -0.39 is 11.6 Å². The summed E-state index contributed by atoms with van der Waals surface area (Å²) in [6.07, 6.45) is 2.21. The molecule has 1 N–H and O–H groups in total. The number of hydrogen-bond acceptors (Lipinski definition) is 4. The number of nitrogens with zero attached hydrogens (tertiary/aromatic N) is 2. The van der Waals surface area contributed by atoms with Crippen LogP contribution < -0.4 is 4.74 Å². The molecular weight excluding hydrogens is 232 g/mol. The summed E-state index contributed by atoms with van der Waals surface area (Å²) in [6.45, 7) is 9.60. The minimum atomic E-state index is -1.10. The summed E-state index contributed by atoms with van der Waals surface area (Å²) >= 11 is 0. The third-order valence-corrected chi connectivity index (χ3v) is 2.73. The highest BCUT2D eigenvalue weighted by molar-refractivity contribution is 5.88. The molecule has 0 amide bonds. The van der Waals surface area contributed by atoms with Gasteiger partial charge in [0.1, 0.15) is 11.4 Å². The Morgan fingerprint density at radius 1 is 1.50 bits per heavy atom. The fourth-order valence-electron chi connectivity index (χ4n) is 1.26. The number of ether oxygens (including phenoxy) is 1. The van der Waals surface area contributed by atoms with Crippen molar-refractivity contribution in [3.05, 3.63) is 17.7 Å². The number of hydrogen-bond donors (Lipinski definition) is 1. The van der Waals surface area contributed by atoms with E-state index in [0.29, 0.717) is 5.82 Å². The van der Waals surface area contributed by atoms with E-state index in [9.17, 15) is 9.90 Å². The van der Waals surface area contributed by atoms with Gasteiger partial charge in [0, 0.05) is 5.92 Å². The van der Waals surface area contributed by atoms with Crippen molar-refractivity contribution in [2.24, 2.45) is 0 Å². The van der Waals surface area contributed by atoms with E-state index in [1.165, 1.54) is 6.20 Å². The smallest absolute Gasteiger partial charge is 0.358 e. The van der Waals surface area contributed by atoms with Crippen LogP contribution in [0.1, 0.15) is 63.3 Å². The molecule has 0 bridgehead atoms. The summed E-state index contributed by atoms with van der Waals surface area (Å²) < 4.78 is 5.67. The highest BCUT2D eigenvalue weighted by Gasteiger charge is 2.23. The lowest BCUT2D eigenvalue weighted by atomic mass is 10.1. The average Bonchev–Trinajstić information content (AvgIpc) is 2.28. The van der Waals surface area contributed by atoms with E-state index in [2.05, 4.69) is 9.97 Å². The van der Waals surface area contributed by atoms with E-state index in [0.717, 1.165) is 6.42 Å². The lowest BCUT2D eigenvalue weighted by Crippen LogP contribution is -2.28. The van der Waals surface area contributed by atoms with Crippen LogP contribution in [0.25, 0.3) is 0 Å². The van der Waals surface area contributed by atoms with Gasteiger partial charge in [0.05, 0.1) is 6.20 Å². The molecule has 0 aliphatic rings. The zero-order chi connectivity index (χ0) is 13.9. The minimum absolute atomic E-state index is 0.0739. The van der Waals surface area contributed by atoms with Crippen LogP contribution in [0.4, 0.5) is 0 Å². The van der Waals surface area contributed by atoms with Gasteiger partial charge in [0.2, 0.25) is 0 Å². The van der Waals surface area contributed by atoms with Crippen molar-refractivity contribution in [3.8, 4) is 5.75 Å². The van der Waals surface area contributed by atoms with Gasteiger partial charge in [-0.15, -0.1) is 0 Å². The molecule has 100 valence electrons. The van der Waals surface area contributed by atoms with Gasteiger partial charge < -0.3 is 9.84 Å². The first-order chi connectivity index (χ1) is 8.26. The molecule has 1 heterocycles.